The lowest BCUT2D eigenvalue weighted by Gasteiger charge is -2.39. The molecule has 82 valence electrons. The molecule has 2 aliphatic carbocycles. The molecular formula is C13H19NO. The maximum Gasteiger partial charge on any atom is 0.158 e. The number of carbonyl (C=O) groups is 1. The summed E-state index contributed by atoms with van der Waals surface area (Å²) in [7, 11) is 0. The van der Waals surface area contributed by atoms with Gasteiger partial charge >= 0.3 is 0 Å². The Morgan fingerprint density at radius 3 is 3.00 bits per heavy atom. The second-order valence-corrected chi connectivity index (χ2v) is 5.23. The molecule has 0 aromatic rings. The molecule has 1 aliphatic heterocycles. The maximum absolute atomic E-state index is 11.8. The van der Waals surface area contributed by atoms with Crippen molar-refractivity contribution >= 4 is 5.78 Å². The first kappa shape index (κ1) is 9.59. The van der Waals surface area contributed by atoms with E-state index in [1.807, 2.05) is 0 Å². The summed E-state index contributed by atoms with van der Waals surface area (Å²) in [6.07, 6.45) is 7.93. The highest BCUT2D eigenvalue weighted by Gasteiger charge is 2.34. The Balaban J connectivity index is 1.86. The van der Waals surface area contributed by atoms with Crippen molar-refractivity contribution in [1.29, 1.82) is 0 Å². The van der Waals surface area contributed by atoms with E-state index in [4.69, 9.17) is 0 Å². The minimum atomic E-state index is 0.459. The molecule has 0 aromatic heterocycles. The standard InChI is InChI=1S/C13H19NO/c15-13-5-1-3-9-8-12-10(7-11(9)13)4-2-6-14-12/h10,12,14H,1-8H2/t10-,12+/m1/s1. The van der Waals surface area contributed by atoms with Crippen molar-refractivity contribution in [2.24, 2.45) is 5.92 Å². The normalized spacial score (nSPS) is 36.1. The number of fused-ring (bicyclic) bond motifs is 1. The smallest absolute Gasteiger partial charge is 0.158 e. The van der Waals surface area contributed by atoms with Crippen LogP contribution in [0.25, 0.3) is 0 Å². The number of ketones is 1. The van der Waals surface area contributed by atoms with E-state index in [0.29, 0.717) is 11.8 Å². The molecule has 0 radical (unpaired) electrons. The molecule has 1 N–H and O–H groups in total. The van der Waals surface area contributed by atoms with E-state index in [2.05, 4.69) is 5.32 Å². The van der Waals surface area contributed by atoms with Gasteiger partial charge in [-0.05, 0) is 56.6 Å². The minimum Gasteiger partial charge on any atom is -0.313 e. The van der Waals surface area contributed by atoms with Crippen LogP contribution in [0.3, 0.4) is 0 Å². The average molecular weight is 205 g/mol. The van der Waals surface area contributed by atoms with Crippen LogP contribution in [0.4, 0.5) is 0 Å². The molecule has 0 spiro atoms. The summed E-state index contributed by atoms with van der Waals surface area (Å²) in [6, 6.07) is 0.684. The lowest BCUT2D eigenvalue weighted by atomic mass is 9.72. The zero-order valence-corrected chi connectivity index (χ0v) is 9.22. The molecule has 0 unspecified atom stereocenters. The molecule has 3 aliphatic rings. The Hall–Kier alpha value is -0.630. The molecule has 3 rings (SSSR count). The first-order valence-corrected chi connectivity index (χ1v) is 6.32. The fourth-order valence-electron chi connectivity index (χ4n) is 3.48. The summed E-state index contributed by atoms with van der Waals surface area (Å²) in [6.45, 7) is 1.18. The Bertz CT molecular complexity index is 318. The molecule has 1 saturated heterocycles. The number of hydrogen-bond acceptors (Lipinski definition) is 2. The van der Waals surface area contributed by atoms with Crippen LogP contribution in [0.5, 0.6) is 0 Å². The Morgan fingerprint density at radius 1 is 1.13 bits per heavy atom. The number of allylic oxidation sites excluding steroid dienone is 1. The molecule has 0 aromatic carbocycles. The number of nitrogens with one attached hydrogen (secondary N) is 1. The Kier molecular flexibility index (Phi) is 2.39. The molecule has 2 heteroatoms. The first-order valence-electron chi connectivity index (χ1n) is 6.32. The molecule has 0 saturated carbocycles. The Labute approximate surface area is 91.1 Å². The van der Waals surface area contributed by atoms with Crippen LogP contribution in [-0.4, -0.2) is 18.4 Å². The van der Waals surface area contributed by atoms with Gasteiger partial charge < -0.3 is 5.32 Å². The third kappa shape index (κ3) is 1.65. The summed E-state index contributed by atoms with van der Waals surface area (Å²) in [5.74, 6) is 1.21. The second kappa shape index (κ2) is 3.75. The van der Waals surface area contributed by atoms with Crippen molar-refractivity contribution < 1.29 is 4.79 Å². The maximum atomic E-state index is 11.8. The highest BCUT2D eigenvalue weighted by Crippen LogP contribution is 2.39. The van der Waals surface area contributed by atoms with Gasteiger partial charge in [0.05, 0.1) is 0 Å². The fraction of sp³-hybridized carbons (Fsp3) is 0.769. The van der Waals surface area contributed by atoms with Crippen molar-refractivity contribution in [3.05, 3.63) is 11.1 Å². The lowest BCUT2D eigenvalue weighted by Crippen LogP contribution is -2.44. The van der Waals surface area contributed by atoms with Crippen molar-refractivity contribution in [2.45, 2.75) is 51.0 Å². The summed E-state index contributed by atoms with van der Waals surface area (Å²) in [4.78, 5) is 11.8. The summed E-state index contributed by atoms with van der Waals surface area (Å²) in [5.41, 5.74) is 2.72. The predicted octanol–water partition coefficient (Wildman–Crippen LogP) is 2.20. The molecule has 15 heavy (non-hydrogen) atoms. The topological polar surface area (TPSA) is 29.1 Å². The van der Waals surface area contributed by atoms with Crippen LogP contribution in [0.2, 0.25) is 0 Å². The zero-order valence-electron chi connectivity index (χ0n) is 9.22. The number of hydrogen-bond donors (Lipinski definition) is 1. The van der Waals surface area contributed by atoms with Crippen molar-refractivity contribution in [3.8, 4) is 0 Å². The number of Topliss-reactive ketones (excluding diaryl/α,β-unsaturated/α-hetero) is 1. The van der Waals surface area contributed by atoms with Gasteiger partial charge in [0.15, 0.2) is 5.78 Å². The average Bonchev–Trinajstić information content (AvgIpc) is 2.27. The third-order valence-corrected chi connectivity index (χ3v) is 4.31. The van der Waals surface area contributed by atoms with Crippen molar-refractivity contribution in [3.63, 3.8) is 0 Å². The fourth-order valence-corrected chi connectivity index (χ4v) is 3.48. The molecule has 0 amide bonds. The van der Waals surface area contributed by atoms with Gasteiger partial charge in [0, 0.05) is 12.5 Å². The van der Waals surface area contributed by atoms with E-state index in [-0.39, 0.29) is 0 Å². The van der Waals surface area contributed by atoms with Crippen LogP contribution in [0.1, 0.15) is 44.9 Å². The van der Waals surface area contributed by atoms with Gasteiger partial charge in [-0.15, -0.1) is 0 Å². The predicted molar refractivity (Wildman–Crippen MR) is 59.6 cm³/mol. The van der Waals surface area contributed by atoms with E-state index in [1.54, 1.807) is 0 Å². The number of rotatable bonds is 0. The molecule has 2 nitrogen and oxygen atoms in total. The first-order chi connectivity index (χ1) is 7.34. The second-order valence-electron chi connectivity index (χ2n) is 5.23. The summed E-state index contributed by atoms with van der Waals surface area (Å²) < 4.78 is 0. The molecular weight excluding hydrogens is 186 g/mol. The molecule has 1 heterocycles. The van der Waals surface area contributed by atoms with Crippen LogP contribution in [0.15, 0.2) is 11.1 Å². The minimum absolute atomic E-state index is 0.459. The van der Waals surface area contributed by atoms with Gasteiger partial charge in [-0.3, -0.25) is 4.79 Å². The Morgan fingerprint density at radius 2 is 2.07 bits per heavy atom. The summed E-state index contributed by atoms with van der Waals surface area (Å²) >= 11 is 0. The van der Waals surface area contributed by atoms with E-state index < -0.39 is 0 Å². The van der Waals surface area contributed by atoms with E-state index in [0.717, 1.165) is 31.6 Å². The third-order valence-electron chi connectivity index (χ3n) is 4.31. The lowest BCUT2D eigenvalue weighted by molar-refractivity contribution is -0.116. The van der Waals surface area contributed by atoms with Gasteiger partial charge in [0.2, 0.25) is 0 Å². The van der Waals surface area contributed by atoms with E-state index in [1.165, 1.54) is 37.0 Å². The highest BCUT2D eigenvalue weighted by molar-refractivity contribution is 5.97. The van der Waals surface area contributed by atoms with Crippen LogP contribution in [0, 0.1) is 5.92 Å². The van der Waals surface area contributed by atoms with Gasteiger partial charge in [0.25, 0.3) is 0 Å². The monoisotopic (exact) mass is 205 g/mol. The van der Waals surface area contributed by atoms with Crippen LogP contribution in [-0.2, 0) is 4.79 Å². The number of carbonyl (C=O) groups excluding carboxylic acids is 1. The van der Waals surface area contributed by atoms with Crippen molar-refractivity contribution in [2.75, 3.05) is 6.54 Å². The van der Waals surface area contributed by atoms with Crippen LogP contribution >= 0.6 is 0 Å². The van der Waals surface area contributed by atoms with Gasteiger partial charge in [0.1, 0.15) is 0 Å². The quantitative estimate of drug-likeness (QED) is 0.657. The van der Waals surface area contributed by atoms with Crippen LogP contribution < -0.4 is 5.32 Å². The van der Waals surface area contributed by atoms with Gasteiger partial charge in [-0.2, -0.15) is 0 Å². The van der Waals surface area contributed by atoms with E-state index in [9.17, 15) is 4.79 Å². The molecule has 0 bridgehead atoms. The summed E-state index contributed by atoms with van der Waals surface area (Å²) in [5, 5.41) is 3.62. The zero-order chi connectivity index (χ0) is 10.3. The largest absolute Gasteiger partial charge is 0.313 e. The van der Waals surface area contributed by atoms with Gasteiger partial charge in [-0.25, -0.2) is 0 Å². The van der Waals surface area contributed by atoms with Crippen molar-refractivity contribution in [1.82, 2.24) is 5.32 Å². The SMILES string of the molecule is O=C1CCCC2=C1C[C@H]1CCCN[C@H]1C2. The number of piperidine rings is 1. The molecule has 2 atom stereocenters. The van der Waals surface area contributed by atoms with E-state index >= 15 is 0 Å². The van der Waals surface area contributed by atoms with Gasteiger partial charge in [-0.1, -0.05) is 5.57 Å². The highest BCUT2D eigenvalue weighted by atomic mass is 16.1. The molecule has 1 fully saturated rings.